The van der Waals surface area contributed by atoms with Crippen LogP contribution >= 0.6 is 0 Å². The minimum atomic E-state index is -4.08. The van der Waals surface area contributed by atoms with E-state index in [9.17, 15) is 18.0 Å². The molecule has 0 saturated carbocycles. The van der Waals surface area contributed by atoms with E-state index in [-0.39, 0.29) is 17.3 Å². The molecule has 8 nitrogen and oxygen atoms in total. The average Bonchev–Trinajstić information content (AvgIpc) is 2.93. The van der Waals surface area contributed by atoms with Gasteiger partial charge in [-0.1, -0.05) is 48.5 Å². The van der Waals surface area contributed by atoms with Gasteiger partial charge in [0.1, 0.15) is 18.3 Å². The fourth-order valence-corrected chi connectivity index (χ4v) is 5.34. The predicted molar refractivity (Wildman–Crippen MR) is 144 cm³/mol. The van der Waals surface area contributed by atoms with E-state index in [1.807, 2.05) is 37.3 Å². The molecule has 3 aromatic carbocycles. The number of carbonyl (C=O) groups excluding carboxylic acids is 2. The summed E-state index contributed by atoms with van der Waals surface area (Å²) in [6.45, 7) is 3.74. The average molecular weight is 524 g/mol. The van der Waals surface area contributed by atoms with E-state index in [1.165, 1.54) is 24.1 Å². The molecule has 196 valence electrons. The Morgan fingerprint density at radius 3 is 2.08 bits per heavy atom. The van der Waals surface area contributed by atoms with Gasteiger partial charge in [-0.3, -0.25) is 13.9 Å². The maximum atomic E-state index is 13.7. The summed E-state index contributed by atoms with van der Waals surface area (Å²) in [5, 5.41) is 2.58. The SMILES string of the molecule is CCOc1ccc(N(CC(=O)N(CCc2ccccc2)[C@@H](C)C(=O)NC)S(=O)(=O)c2ccccc2)cc1. The van der Waals surface area contributed by atoms with E-state index in [1.54, 1.807) is 49.4 Å². The normalized spacial score (nSPS) is 11.9. The third-order valence-corrected chi connectivity index (χ3v) is 7.73. The van der Waals surface area contributed by atoms with Crippen LogP contribution in [0.1, 0.15) is 19.4 Å². The van der Waals surface area contributed by atoms with Crippen LogP contribution in [0, 0.1) is 0 Å². The fraction of sp³-hybridized carbons (Fsp3) is 0.286. The molecule has 0 unspecified atom stereocenters. The molecule has 0 bridgehead atoms. The number of nitrogens with one attached hydrogen (secondary N) is 1. The number of amides is 2. The van der Waals surface area contributed by atoms with Gasteiger partial charge in [-0.25, -0.2) is 8.42 Å². The summed E-state index contributed by atoms with van der Waals surface area (Å²) in [7, 11) is -2.58. The van der Waals surface area contributed by atoms with Crippen molar-refractivity contribution >= 4 is 27.5 Å². The number of anilines is 1. The summed E-state index contributed by atoms with van der Waals surface area (Å²) in [5.74, 6) is -0.229. The molecule has 0 saturated heterocycles. The highest BCUT2D eigenvalue weighted by Crippen LogP contribution is 2.26. The van der Waals surface area contributed by atoms with E-state index >= 15 is 0 Å². The van der Waals surface area contributed by atoms with Crippen molar-refractivity contribution < 1.29 is 22.7 Å². The number of ether oxygens (including phenoxy) is 1. The first-order valence-electron chi connectivity index (χ1n) is 12.1. The molecule has 0 aliphatic rings. The Labute approximate surface area is 218 Å². The van der Waals surface area contributed by atoms with Crippen molar-refractivity contribution in [2.24, 2.45) is 0 Å². The topological polar surface area (TPSA) is 96.0 Å². The maximum Gasteiger partial charge on any atom is 0.264 e. The van der Waals surface area contributed by atoms with Crippen LogP contribution in [0.2, 0.25) is 0 Å². The number of nitrogens with zero attached hydrogens (tertiary/aromatic N) is 2. The molecular weight excluding hydrogens is 490 g/mol. The van der Waals surface area contributed by atoms with Gasteiger partial charge in [0, 0.05) is 13.6 Å². The molecule has 0 aromatic heterocycles. The summed E-state index contributed by atoms with van der Waals surface area (Å²) in [6.07, 6.45) is 0.516. The van der Waals surface area contributed by atoms with Crippen molar-refractivity contribution in [3.05, 3.63) is 90.5 Å². The van der Waals surface area contributed by atoms with Crippen molar-refractivity contribution in [2.75, 3.05) is 31.0 Å². The lowest BCUT2D eigenvalue weighted by atomic mass is 10.1. The zero-order chi connectivity index (χ0) is 26.8. The van der Waals surface area contributed by atoms with Crippen LogP contribution in [0.25, 0.3) is 0 Å². The number of likely N-dealkylation sites (N-methyl/N-ethyl adjacent to an activating group) is 1. The van der Waals surface area contributed by atoms with E-state index in [2.05, 4.69) is 5.32 Å². The zero-order valence-corrected chi connectivity index (χ0v) is 22.1. The molecule has 0 heterocycles. The van der Waals surface area contributed by atoms with Crippen molar-refractivity contribution in [1.82, 2.24) is 10.2 Å². The van der Waals surface area contributed by atoms with Crippen LogP contribution in [0.5, 0.6) is 5.75 Å². The molecule has 1 atom stereocenters. The zero-order valence-electron chi connectivity index (χ0n) is 21.3. The van der Waals surface area contributed by atoms with Gasteiger partial charge >= 0.3 is 0 Å². The standard InChI is InChI=1S/C28H33N3O5S/c1-4-36-25-17-15-24(16-18-25)31(37(34,35)26-13-9-6-10-14-26)21-27(32)30(22(2)28(33)29-3)20-19-23-11-7-5-8-12-23/h5-18,22H,4,19-21H2,1-3H3,(H,29,33)/t22-/m0/s1. The minimum Gasteiger partial charge on any atom is -0.494 e. The van der Waals surface area contributed by atoms with Crippen LogP contribution in [-0.4, -0.2) is 57.9 Å². The molecule has 0 fully saturated rings. The third-order valence-electron chi connectivity index (χ3n) is 5.94. The number of carbonyl (C=O) groups is 2. The van der Waals surface area contributed by atoms with E-state index < -0.39 is 28.5 Å². The molecular formula is C28H33N3O5S. The quantitative estimate of drug-likeness (QED) is 0.392. The number of hydrogen-bond acceptors (Lipinski definition) is 5. The largest absolute Gasteiger partial charge is 0.494 e. The van der Waals surface area contributed by atoms with E-state index in [0.29, 0.717) is 24.5 Å². The Kier molecular flexibility index (Phi) is 9.68. The highest BCUT2D eigenvalue weighted by molar-refractivity contribution is 7.92. The Morgan fingerprint density at radius 1 is 0.919 bits per heavy atom. The van der Waals surface area contributed by atoms with Crippen molar-refractivity contribution in [3.8, 4) is 5.75 Å². The first kappa shape index (κ1) is 27.7. The summed E-state index contributed by atoms with van der Waals surface area (Å²) in [6, 6.07) is 23.3. The van der Waals surface area contributed by atoms with Crippen molar-refractivity contribution in [1.29, 1.82) is 0 Å². The lowest BCUT2D eigenvalue weighted by Gasteiger charge is -2.31. The second-order valence-electron chi connectivity index (χ2n) is 8.36. The second kappa shape index (κ2) is 12.9. The third kappa shape index (κ3) is 7.10. The monoisotopic (exact) mass is 523 g/mol. The molecule has 9 heteroatoms. The van der Waals surface area contributed by atoms with Crippen LogP contribution in [0.3, 0.4) is 0 Å². The number of rotatable bonds is 12. The predicted octanol–water partition coefficient (Wildman–Crippen LogP) is 3.49. The van der Waals surface area contributed by atoms with Crippen LogP contribution < -0.4 is 14.4 Å². The number of benzene rings is 3. The smallest absolute Gasteiger partial charge is 0.264 e. The van der Waals surface area contributed by atoms with Gasteiger partial charge < -0.3 is 15.0 Å². The second-order valence-corrected chi connectivity index (χ2v) is 10.2. The van der Waals surface area contributed by atoms with Crippen LogP contribution in [0.4, 0.5) is 5.69 Å². The summed E-state index contributed by atoms with van der Waals surface area (Å²) in [5.41, 5.74) is 1.32. The molecule has 1 N–H and O–H groups in total. The lowest BCUT2D eigenvalue weighted by molar-refractivity contribution is -0.138. The molecule has 0 aliphatic carbocycles. The molecule has 0 spiro atoms. The minimum absolute atomic E-state index is 0.0619. The first-order valence-corrected chi connectivity index (χ1v) is 13.6. The van der Waals surface area contributed by atoms with Gasteiger partial charge in [-0.15, -0.1) is 0 Å². The highest BCUT2D eigenvalue weighted by atomic mass is 32.2. The Morgan fingerprint density at radius 2 is 1.51 bits per heavy atom. The van der Waals surface area contributed by atoms with Gasteiger partial charge in [-0.2, -0.15) is 0 Å². The lowest BCUT2D eigenvalue weighted by Crippen LogP contribution is -2.51. The Balaban J connectivity index is 1.96. The highest BCUT2D eigenvalue weighted by Gasteiger charge is 2.32. The van der Waals surface area contributed by atoms with Crippen LogP contribution in [-0.2, 0) is 26.0 Å². The maximum absolute atomic E-state index is 13.7. The van der Waals surface area contributed by atoms with E-state index in [4.69, 9.17) is 4.74 Å². The molecule has 0 radical (unpaired) electrons. The Bertz CT molecular complexity index is 1270. The Hall–Kier alpha value is -3.85. The fourth-order valence-electron chi connectivity index (χ4n) is 3.90. The molecule has 37 heavy (non-hydrogen) atoms. The van der Waals surface area contributed by atoms with Gasteiger partial charge in [-0.05, 0) is 62.2 Å². The van der Waals surface area contributed by atoms with Gasteiger partial charge in [0.05, 0.1) is 17.2 Å². The molecule has 3 aromatic rings. The van der Waals surface area contributed by atoms with E-state index in [0.717, 1.165) is 9.87 Å². The van der Waals surface area contributed by atoms with Crippen molar-refractivity contribution in [3.63, 3.8) is 0 Å². The molecule has 3 rings (SSSR count). The number of hydrogen-bond donors (Lipinski definition) is 1. The first-order chi connectivity index (χ1) is 17.8. The summed E-state index contributed by atoms with van der Waals surface area (Å²) < 4.78 is 33.9. The molecule has 2 amide bonds. The van der Waals surface area contributed by atoms with Gasteiger partial charge in [0.2, 0.25) is 11.8 Å². The van der Waals surface area contributed by atoms with Crippen molar-refractivity contribution in [2.45, 2.75) is 31.2 Å². The van der Waals surface area contributed by atoms with Gasteiger partial charge in [0.25, 0.3) is 10.0 Å². The van der Waals surface area contributed by atoms with Crippen LogP contribution in [0.15, 0.2) is 89.8 Å². The van der Waals surface area contributed by atoms with Gasteiger partial charge in [0.15, 0.2) is 0 Å². The summed E-state index contributed by atoms with van der Waals surface area (Å²) in [4.78, 5) is 27.7. The molecule has 0 aliphatic heterocycles. The summed E-state index contributed by atoms with van der Waals surface area (Å²) >= 11 is 0. The number of sulfonamides is 1.